The number of aliphatic hydroxyl groups is 8. The van der Waals surface area contributed by atoms with Crippen molar-refractivity contribution in [2.24, 2.45) is 0 Å². The molecule has 109 valence electrons. The van der Waals surface area contributed by atoms with Gasteiger partial charge in [-0.15, -0.1) is 0 Å². The fourth-order valence-electron chi connectivity index (χ4n) is 0. The van der Waals surface area contributed by atoms with Crippen molar-refractivity contribution in [3.8, 4) is 0 Å². The molecule has 0 fully saturated rings. The molecule has 8 nitrogen and oxygen atoms in total. The van der Waals surface area contributed by atoms with Gasteiger partial charge in [-0.1, -0.05) is 0 Å². The van der Waals surface area contributed by atoms with Crippen LogP contribution in [0.15, 0.2) is 0 Å². The first-order valence-electron chi connectivity index (χ1n) is 3.92. The molecule has 0 aromatic carbocycles. The molecule has 0 aliphatic rings. The molecular weight excluding hydrogens is 313 g/mol. The molecule has 0 rings (SSSR count). The van der Waals surface area contributed by atoms with Crippen LogP contribution in [-0.2, 0) is 32.7 Å². The minimum Gasteiger partial charge on any atom is -0.569 e. The van der Waals surface area contributed by atoms with Crippen LogP contribution in [0.2, 0.25) is 0 Å². The molecule has 9 heteroatoms. The summed E-state index contributed by atoms with van der Waals surface area (Å²) in [5.41, 5.74) is 0. The van der Waals surface area contributed by atoms with E-state index in [4.69, 9.17) is 40.9 Å². The standard InChI is InChI=1S/C2H6O3.C2H6O2.C2H6O.2CH3O.Y/c1-2(3,4)5;1-2(3)4;1-2-3;2*1-2;/h3-5H,1H3;2-4H,1H3;3H,2H2,1H3;2*2H,1H2;/q;;;2*-1;. The number of hydrogen-bond donors (Lipinski definition) is 8. The van der Waals surface area contributed by atoms with Gasteiger partial charge in [0, 0.05) is 46.2 Å². The summed E-state index contributed by atoms with van der Waals surface area (Å²) in [6.07, 6.45) is -1.17. The van der Waals surface area contributed by atoms with Gasteiger partial charge in [-0.05, 0) is 13.8 Å². The molecule has 8 N–H and O–H groups in total. The summed E-state index contributed by atoms with van der Waals surface area (Å²) in [7, 11) is 4.50. The van der Waals surface area contributed by atoms with Crippen LogP contribution in [-0.4, -0.2) is 59.7 Å². The summed E-state index contributed by atoms with van der Waals surface area (Å²) in [5, 5.41) is 59.2. The van der Waals surface area contributed by atoms with Crippen LogP contribution in [0.4, 0.5) is 0 Å². The van der Waals surface area contributed by atoms with Crippen molar-refractivity contribution in [2.45, 2.75) is 33.0 Å². The molecule has 0 unspecified atom stereocenters. The molecule has 0 heterocycles. The first kappa shape index (κ1) is 36.1. The third-order valence-electron chi connectivity index (χ3n) is 0. The average molecular weight is 337 g/mol. The molecule has 0 spiro atoms. The predicted octanol–water partition coefficient (Wildman–Crippen LogP) is -1.75. The second-order valence-electron chi connectivity index (χ2n) is 1.92. The van der Waals surface area contributed by atoms with Crippen LogP contribution in [0.5, 0.6) is 0 Å². The van der Waals surface area contributed by atoms with E-state index in [1.54, 1.807) is 6.92 Å². The second-order valence-corrected chi connectivity index (χ2v) is 1.92. The van der Waals surface area contributed by atoms with Gasteiger partial charge in [-0.2, -0.15) is 0 Å². The first-order chi connectivity index (χ1) is 7.15. The smallest absolute Gasteiger partial charge is 0.272 e. The summed E-state index contributed by atoms with van der Waals surface area (Å²) < 4.78 is 0. The molecule has 0 aliphatic heterocycles. The monoisotopic (exact) mass is 337 g/mol. The van der Waals surface area contributed by atoms with E-state index in [1.165, 1.54) is 6.92 Å². The van der Waals surface area contributed by atoms with Crippen LogP contribution >= 0.6 is 0 Å². The molecule has 0 bridgehead atoms. The van der Waals surface area contributed by atoms with Gasteiger partial charge in [-0.3, -0.25) is 0 Å². The van der Waals surface area contributed by atoms with Crippen molar-refractivity contribution in [1.29, 1.82) is 0 Å². The maximum atomic E-state index is 7.63. The Morgan fingerprint density at radius 2 is 1.00 bits per heavy atom. The Kier molecular flexibility index (Phi) is 76.3. The minimum atomic E-state index is -2.50. The molecule has 17 heavy (non-hydrogen) atoms. The summed E-state index contributed by atoms with van der Waals surface area (Å²) in [5.74, 6) is -2.50. The quantitative estimate of drug-likeness (QED) is 0.191. The van der Waals surface area contributed by atoms with Gasteiger partial charge in [-0.25, -0.2) is 14.2 Å². The largest absolute Gasteiger partial charge is 0.569 e. The van der Waals surface area contributed by atoms with Gasteiger partial charge in [0.1, 0.15) is 6.29 Å². The van der Waals surface area contributed by atoms with Crippen molar-refractivity contribution in [3.05, 3.63) is 14.2 Å². The molecule has 0 saturated heterocycles. The van der Waals surface area contributed by atoms with Gasteiger partial charge < -0.3 is 40.9 Å². The molecule has 0 amide bonds. The van der Waals surface area contributed by atoms with Crippen LogP contribution in [0.25, 0.3) is 0 Å². The second kappa shape index (κ2) is 36.0. The predicted molar refractivity (Wildman–Crippen MR) is 56.3 cm³/mol. The Balaban J connectivity index is -0.0000000231. The molecule has 0 atom stereocenters. The van der Waals surface area contributed by atoms with Gasteiger partial charge in [0.2, 0.25) is 0 Å². The number of rotatable bonds is 0. The van der Waals surface area contributed by atoms with Gasteiger partial charge in [0.05, 0.1) is 0 Å². The molecule has 0 aromatic rings. The molecular formula is C8H24O8Y-2. The third-order valence-corrected chi connectivity index (χ3v) is 0. The maximum Gasteiger partial charge on any atom is 0.272 e. The molecule has 0 aliphatic carbocycles. The zero-order valence-corrected chi connectivity index (χ0v) is 13.2. The fourth-order valence-corrected chi connectivity index (χ4v) is 0. The summed E-state index contributed by atoms with van der Waals surface area (Å²) in [6, 6.07) is 0. The third kappa shape index (κ3) is 5970. The van der Waals surface area contributed by atoms with Gasteiger partial charge in [0.25, 0.3) is 5.97 Å². The SMILES string of the molecule is CC(O)(O)O.CC(O)O.CCO.[CH2-]O.[CH2-]O.[Y]. The van der Waals surface area contributed by atoms with E-state index in [0.29, 0.717) is 0 Å². The zero-order valence-electron chi connectivity index (χ0n) is 10.4. The van der Waals surface area contributed by atoms with Crippen LogP contribution in [0, 0.1) is 14.2 Å². The zero-order chi connectivity index (χ0) is 14.8. The van der Waals surface area contributed by atoms with E-state index in [1.807, 2.05) is 0 Å². The van der Waals surface area contributed by atoms with E-state index in [2.05, 4.69) is 14.2 Å². The van der Waals surface area contributed by atoms with Crippen LogP contribution < -0.4 is 0 Å². The van der Waals surface area contributed by atoms with Gasteiger partial charge in [0.15, 0.2) is 0 Å². The molecule has 0 aromatic heterocycles. The summed E-state index contributed by atoms with van der Waals surface area (Å²) >= 11 is 0. The Bertz CT molecular complexity index is 67.7. The Labute approximate surface area is 127 Å². The minimum absolute atomic E-state index is 0. The summed E-state index contributed by atoms with van der Waals surface area (Å²) in [4.78, 5) is 0. The topological polar surface area (TPSA) is 162 Å². The van der Waals surface area contributed by atoms with E-state index in [9.17, 15) is 0 Å². The maximum absolute atomic E-state index is 7.63. The van der Waals surface area contributed by atoms with Crippen molar-refractivity contribution in [2.75, 3.05) is 6.61 Å². The van der Waals surface area contributed by atoms with E-state index in [0.717, 1.165) is 6.92 Å². The Morgan fingerprint density at radius 1 is 1.00 bits per heavy atom. The van der Waals surface area contributed by atoms with E-state index in [-0.39, 0.29) is 39.3 Å². The van der Waals surface area contributed by atoms with Crippen LogP contribution in [0.1, 0.15) is 20.8 Å². The van der Waals surface area contributed by atoms with E-state index < -0.39 is 12.3 Å². The van der Waals surface area contributed by atoms with Crippen molar-refractivity contribution in [3.63, 3.8) is 0 Å². The average Bonchev–Trinajstić information content (AvgIpc) is 2.08. The van der Waals surface area contributed by atoms with E-state index >= 15 is 0 Å². The van der Waals surface area contributed by atoms with Crippen molar-refractivity contribution in [1.82, 2.24) is 0 Å². The Hall–Kier alpha value is 0.784. The number of hydrogen-bond acceptors (Lipinski definition) is 8. The molecule has 1 radical (unpaired) electrons. The van der Waals surface area contributed by atoms with Gasteiger partial charge >= 0.3 is 0 Å². The van der Waals surface area contributed by atoms with Crippen molar-refractivity contribution >= 4 is 0 Å². The number of aliphatic hydroxyl groups excluding tert-OH is 4. The Morgan fingerprint density at radius 3 is 1.00 bits per heavy atom. The van der Waals surface area contributed by atoms with Crippen LogP contribution in [0.3, 0.4) is 0 Å². The summed E-state index contributed by atoms with van der Waals surface area (Å²) in [6.45, 7) is 4.06. The van der Waals surface area contributed by atoms with Crippen molar-refractivity contribution < 1.29 is 73.6 Å². The first-order valence-corrected chi connectivity index (χ1v) is 3.92. The fraction of sp³-hybridized carbons (Fsp3) is 0.750. The normalized spacial score (nSPS) is 7.41. The molecule has 0 saturated carbocycles.